The molecule has 1 atom stereocenters. The van der Waals surface area contributed by atoms with E-state index in [1.807, 2.05) is 0 Å². The molecule has 0 radical (unpaired) electrons. The minimum absolute atomic E-state index is 0.203. The molecule has 0 spiro atoms. The molecule has 3 heterocycles. The first kappa shape index (κ1) is 12.6. The van der Waals surface area contributed by atoms with Crippen molar-refractivity contribution in [2.75, 3.05) is 19.7 Å². The van der Waals surface area contributed by atoms with E-state index < -0.39 is 6.09 Å². The van der Waals surface area contributed by atoms with E-state index in [1.165, 1.54) is 6.20 Å². The van der Waals surface area contributed by atoms with Gasteiger partial charge < -0.3 is 14.2 Å². The van der Waals surface area contributed by atoms with E-state index in [4.69, 9.17) is 4.52 Å². The molecule has 3 amide bonds. The largest absolute Gasteiger partial charge is 0.439 e. The van der Waals surface area contributed by atoms with Crippen LogP contribution in [0.1, 0.15) is 22.5 Å². The van der Waals surface area contributed by atoms with Crippen LogP contribution in [-0.4, -0.2) is 58.6 Å². The molecule has 2 aliphatic rings. The molecule has 1 aromatic heterocycles. The maximum atomic E-state index is 12.3. The lowest BCUT2D eigenvalue weighted by Gasteiger charge is -2.20. The highest BCUT2D eigenvalue weighted by molar-refractivity contribution is 5.98. The Morgan fingerprint density at radius 3 is 2.85 bits per heavy atom. The van der Waals surface area contributed by atoms with Gasteiger partial charge in [0, 0.05) is 13.1 Å². The van der Waals surface area contributed by atoms with Gasteiger partial charge in [-0.3, -0.25) is 9.59 Å². The molecule has 0 N–H and O–H groups in total. The van der Waals surface area contributed by atoms with Gasteiger partial charge in [-0.25, -0.2) is 9.69 Å². The van der Waals surface area contributed by atoms with E-state index in [-0.39, 0.29) is 24.5 Å². The number of amides is 3. The number of aromatic nitrogens is 1. The number of carbonyl (C=O) groups excluding carboxylic acids is 3. The topological polar surface area (TPSA) is 93.0 Å². The number of aryl methyl sites for hydroxylation is 1. The maximum Gasteiger partial charge on any atom is 0.417 e. The standard InChI is InChI=1S/C12H13N3O5/c1-7-9(4-13-20-7)11(17)14-3-2-8(5-14)15-10(16)6-19-12(15)18/h4,8H,2-3,5-6H2,1H3. The number of nitrogens with zero attached hydrogens (tertiary/aromatic N) is 3. The molecule has 1 unspecified atom stereocenters. The van der Waals surface area contributed by atoms with Crippen LogP contribution >= 0.6 is 0 Å². The van der Waals surface area contributed by atoms with Crippen molar-refractivity contribution in [2.45, 2.75) is 19.4 Å². The number of likely N-dealkylation sites (tertiary alicyclic amines) is 1. The molecule has 8 nitrogen and oxygen atoms in total. The third kappa shape index (κ3) is 1.93. The Morgan fingerprint density at radius 1 is 1.45 bits per heavy atom. The molecular formula is C12H13N3O5. The van der Waals surface area contributed by atoms with Crippen LogP contribution in [0.15, 0.2) is 10.7 Å². The molecule has 1 aromatic rings. The molecule has 0 aliphatic carbocycles. The molecule has 20 heavy (non-hydrogen) atoms. The third-order valence-corrected chi connectivity index (χ3v) is 3.58. The van der Waals surface area contributed by atoms with Crippen molar-refractivity contribution in [3.8, 4) is 0 Å². The lowest BCUT2D eigenvalue weighted by atomic mass is 10.2. The fourth-order valence-corrected chi connectivity index (χ4v) is 2.53. The normalized spacial score (nSPS) is 22.6. The van der Waals surface area contributed by atoms with Crippen LogP contribution in [0.4, 0.5) is 4.79 Å². The van der Waals surface area contributed by atoms with E-state index in [9.17, 15) is 14.4 Å². The van der Waals surface area contributed by atoms with Crippen molar-refractivity contribution < 1.29 is 23.6 Å². The number of rotatable bonds is 2. The van der Waals surface area contributed by atoms with Crippen molar-refractivity contribution in [3.63, 3.8) is 0 Å². The summed E-state index contributed by atoms with van der Waals surface area (Å²) in [5, 5.41) is 3.57. The minimum Gasteiger partial charge on any atom is -0.439 e. The number of cyclic esters (lactones) is 1. The zero-order valence-electron chi connectivity index (χ0n) is 10.9. The molecule has 3 rings (SSSR count). The SMILES string of the molecule is Cc1oncc1C(=O)N1CCC(N2C(=O)COC2=O)C1. The van der Waals surface area contributed by atoms with Crippen LogP contribution in [0.3, 0.4) is 0 Å². The van der Waals surface area contributed by atoms with Gasteiger partial charge in [0.15, 0.2) is 6.61 Å². The highest BCUT2D eigenvalue weighted by Crippen LogP contribution is 2.22. The fourth-order valence-electron chi connectivity index (χ4n) is 2.53. The van der Waals surface area contributed by atoms with Crippen molar-refractivity contribution in [3.05, 3.63) is 17.5 Å². The van der Waals surface area contributed by atoms with Crippen LogP contribution in [0.5, 0.6) is 0 Å². The van der Waals surface area contributed by atoms with E-state index in [2.05, 4.69) is 9.89 Å². The van der Waals surface area contributed by atoms with Gasteiger partial charge in [0.25, 0.3) is 11.8 Å². The van der Waals surface area contributed by atoms with Crippen LogP contribution in [-0.2, 0) is 9.53 Å². The molecular weight excluding hydrogens is 266 g/mol. The van der Waals surface area contributed by atoms with Crippen molar-refractivity contribution in [1.82, 2.24) is 15.0 Å². The monoisotopic (exact) mass is 279 g/mol. The molecule has 106 valence electrons. The second kappa shape index (κ2) is 4.62. The van der Waals surface area contributed by atoms with Crippen molar-refractivity contribution >= 4 is 17.9 Å². The third-order valence-electron chi connectivity index (χ3n) is 3.58. The van der Waals surface area contributed by atoms with Gasteiger partial charge in [-0.1, -0.05) is 5.16 Å². The quantitative estimate of drug-likeness (QED) is 0.766. The fraction of sp³-hybridized carbons (Fsp3) is 0.500. The summed E-state index contributed by atoms with van der Waals surface area (Å²) in [5.74, 6) is -0.100. The smallest absolute Gasteiger partial charge is 0.417 e. The summed E-state index contributed by atoms with van der Waals surface area (Å²) < 4.78 is 9.56. The number of imide groups is 1. The number of hydrogen-bond donors (Lipinski definition) is 0. The van der Waals surface area contributed by atoms with E-state index in [1.54, 1.807) is 11.8 Å². The van der Waals surface area contributed by atoms with Crippen molar-refractivity contribution in [1.29, 1.82) is 0 Å². The molecule has 2 aliphatic heterocycles. The number of carbonyl (C=O) groups is 3. The van der Waals surface area contributed by atoms with Gasteiger partial charge in [0.2, 0.25) is 0 Å². The van der Waals surface area contributed by atoms with E-state index in [0.29, 0.717) is 30.8 Å². The predicted molar refractivity (Wildman–Crippen MR) is 63.7 cm³/mol. The van der Waals surface area contributed by atoms with Gasteiger partial charge in [-0.15, -0.1) is 0 Å². The first-order valence-electron chi connectivity index (χ1n) is 6.27. The van der Waals surface area contributed by atoms with Gasteiger partial charge in [-0.2, -0.15) is 0 Å². The van der Waals surface area contributed by atoms with Crippen LogP contribution in [0, 0.1) is 6.92 Å². The maximum absolute atomic E-state index is 12.3. The summed E-state index contributed by atoms with van der Waals surface area (Å²) in [6.45, 7) is 2.23. The Balaban J connectivity index is 1.71. The predicted octanol–water partition coefficient (Wildman–Crippen LogP) is 0.176. The molecule has 0 bridgehead atoms. The Morgan fingerprint density at radius 2 is 2.25 bits per heavy atom. The highest BCUT2D eigenvalue weighted by atomic mass is 16.6. The Hall–Kier alpha value is -2.38. The molecule has 0 saturated carbocycles. The lowest BCUT2D eigenvalue weighted by molar-refractivity contribution is -0.127. The van der Waals surface area contributed by atoms with E-state index >= 15 is 0 Å². The second-order valence-electron chi connectivity index (χ2n) is 4.81. The highest BCUT2D eigenvalue weighted by Gasteiger charge is 2.41. The first-order valence-corrected chi connectivity index (χ1v) is 6.27. The Kier molecular flexibility index (Phi) is 2.92. The average Bonchev–Trinajstić information content (AvgIpc) is 3.10. The summed E-state index contributed by atoms with van der Waals surface area (Å²) >= 11 is 0. The molecule has 8 heteroatoms. The van der Waals surface area contributed by atoms with Crippen LogP contribution in [0.25, 0.3) is 0 Å². The van der Waals surface area contributed by atoms with Gasteiger partial charge in [0.1, 0.15) is 11.3 Å². The minimum atomic E-state index is -0.629. The molecule has 2 saturated heterocycles. The van der Waals surface area contributed by atoms with Gasteiger partial charge in [0.05, 0.1) is 12.2 Å². The Labute approximate surface area is 114 Å². The second-order valence-corrected chi connectivity index (χ2v) is 4.81. The first-order chi connectivity index (χ1) is 9.58. The van der Waals surface area contributed by atoms with Gasteiger partial charge in [-0.05, 0) is 13.3 Å². The summed E-state index contributed by atoms with van der Waals surface area (Å²) in [6.07, 6.45) is 1.30. The van der Waals surface area contributed by atoms with E-state index in [0.717, 1.165) is 4.90 Å². The molecule has 2 fully saturated rings. The zero-order chi connectivity index (χ0) is 14.3. The summed E-state index contributed by atoms with van der Waals surface area (Å²) in [5.41, 5.74) is 0.404. The average molecular weight is 279 g/mol. The zero-order valence-corrected chi connectivity index (χ0v) is 10.9. The Bertz CT molecular complexity index is 565. The van der Waals surface area contributed by atoms with Crippen LogP contribution < -0.4 is 0 Å². The lowest BCUT2D eigenvalue weighted by Crippen LogP contribution is -2.42. The summed E-state index contributed by atoms with van der Waals surface area (Å²) in [4.78, 5) is 38.0. The van der Waals surface area contributed by atoms with Crippen molar-refractivity contribution in [2.24, 2.45) is 0 Å². The summed E-state index contributed by atoms with van der Waals surface area (Å²) in [7, 11) is 0. The van der Waals surface area contributed by atoms with Crippen LogP contribution in [0.2, 0.25) is 0 Å². The number of ether oxygens (including phenoxy) is 1. The molecule has 0 aromatic carbocycles. The summed E-state index contributed by atoms with van der Waals surface area (Å²) in [6, 6.07) is -0.318. The van der Waals surface area contributed by atoms with Gasteiger partial charge >= 0.3 is 6.09 Å². The number of hydrogen-bond acceptors (Lipinski definition) is 6.